The van der Waals surface area contributed by atoms with Crippen LogP contribution in [0.25, 0.3) is 21.5 Å². The van der Waals surface area contributed by atoms with Crippen LogP contribution in [0.2, 0.25) is 0 Å². The molecule has 2 aliphatic rings. The molecule has 0 N–H and O–H groups in total. The SMILES string of the molecule is C[C@H]1n2c(=O)c3ccccc3c(=O)n2[C@H](C)[PH+]1c1ccccc1[PH+]1[C@@H](C)n2c(=O)c3ccccc3c(=O)n2[C@@H]1C.[CH3-].[CH3-].[Cl-].[Pt+2]. The third kappa shape index (κ3) is 4.76. The monoisotopic (exact) mass is 832 g/mol. The van der Waals surface area contributed by atoms with Gasteiger partial charge in [-0.15, -0.1) is 0 Å². The molecule has 4 atom stereocenters. The average Bonchev–Trinajstić information content (AvgIpc) is 3.39. The molecular formula is C32H36ClN4O4P2Pt+. The second-order valence-electron chi connectivity index (χ2n) is 10.9. The van der Waals surface area contributed by atoms with Crippen molar-refractivity contribution in [2.45, 2.75) is 50.8 Å². The Morgan fingerprint density at radius 1 is 0.455 bits per heavy atom. The maximum atomic E-state index is 13.6. The molecule has 12 heteroatoms. The topological polar surface area (TPSA) is 88.0 Å². The van der Waals surface area contributed by atoms with Crippen LogP contribution in [0.5, 0.6) is 0 Å². The van der Waals surface area contributed by atoms with Crippen LogP contribution in [0, 0.1) is 14.9 Å². The molecule has 0 unspecified atom stereocenters. The first-order valence-electron chi connectivity index (χ1n) is 13.6. The van der Waals surface area contributed by atoms with Crippen LogP contribution in [0.15, 0.2) is 92.0 Å². The molecule has 4 heterocycles. The Hall–Kier alpha value is -2.62. The van der Waals surface area contributed by atoms with E-state index in [0.717, 1.165) is 0 Å². The summed E-state index contributed by atoms with van der Waals surface area (Å²) in [7, 11) is -3.01. The van der Waals surface area contributed by atoms with Crippen molar-refractivity contribution in [2.75, 3.05) is 0 Å². The van der Waals surface area contributed by atoms with Crippen molar-refractivity contribution >= 4 is 48.0 Å². The third-order valence-corrected chi connectivity index (χ3v) is 15.8. The van der Waals surface area contributed by atoms with E-state index in [9.17, 15) is 19.2 Å². The second kappa shape index (κ2) is 13.0. The van der Waals surface area contributed by atoms with Crippen molar-refractivity contribution in [1.29, 1.82) is 0 Å². The summed E-state index contributed by atoms with van der Waals surface area (Å²) < 4.78 is 6.71. The molecular weight excluding hydrogens is 797 g/mol. The van der Waals surface area contributed by atoms with Crippen LogP contribution in [0.3, 0.4) is 0 Å². The van der Waals surface area contributed by atoms with Gasteiger partial charge in [-0.25, -0.2) is 18.7 Å². The van der Waals surface area contributed by atoms with Gasteiger partial charge in [0, 0.05) is 0 Å². The minimum absolute atomic E-state index is 0. The zero-order valence-corrected chi connectivity index (χ0v) is 30.4. The molecule has 7 rings (SSSR count). The van der Waals surface area contributed by atoms with Crippen LogP contribution < -0.4 is 45.3 Å². The molecule has 0 bridgehead atoms. The minimum Gasteiger partial charge on any atom is -1.00 e. The Morgan fingerprint density at radius 2 is 0.659 bits per heavy atom. The van der Waals surface area contributed by atoms with Gasteiger partial charge in [0.05, 0.1) is 37.4 Å². The number of halogens is 1. The number of aromatic nitrogens is 4. The zero-order chi connectivity index (χ0) is 28.0. The molecule has 0 radical (unpaired) electrons. The predicted octanol–water partition coefficient (Wildman–Crippen LogP) is 1.72. The molecule has 234 valence electrons. The van der Waals surface area contributed by atoms with Gasteiger partial charge in [-0.1, -0.05) is 36.4 Å². The van der Waals surface area contributed by atoms with E-state index in [4.69, 9.17) is 0 Å². The van der Waals surface area contributed by atoms with Crippen molar-refractivity contribution < 1.29 is 33.5 Å². The van der Waals surface area contributed by atoms with E-state index in [2.05, 4.69) is 39.8 Å². The van der Waals surface area contributed by atoms with Crippen LogP contribution in [-0.2, 0) is 21.1 Å². The summed E-state index contributed by atoms with van der Waals surface area (Å²) in [4.78, 5) is 54.6. The largest absolute Gasteiger partial charge is 2.00 e. The fraction of sp³-hybridized carbons (Fsp3) is 0.250. The molecule has 3 aromatic carbocycles. The van der Waals surface area contributed by atoms with E-state index in [1.54, 1.807) is 67.3 Å². The van der Waals surface area contributed by atoms with Crippen molar-refractivity contribution in [3.63, 3.8) is 0 Å². The van der Waals surface area contributed by atoms with Gasteiger partial charge in [0.25, 0.3) is 22.2 Å². The third-order valence-electron chi connectivity index (χ3n) is 8.89. The second-order valence-corrected chi connectivity index (χ2v) is 17.1. The maximum absolute atomic E-state index is 13.6. The Bertz CT molecular complexity index is 1850. The summed E-state index contributed by atoms with van der Waals surface area (Å²) in [5, 5.41) is 4.15. The molecule has 5 aromatic rings. The Labute approximate surface area is 278 Å². The maximum Gasteiger partial charge on any atom is 2.00 e. The van der Waals surface area contributed by atoms with E-state index in [1.165, 1.54) is 10.6 Å². The van der Waals surface area contributed by atoms with E-state index < -0.39 is 15.8 Å². The summed E-state index contributed by atoms with van der Waals surface area (Å²) in [6.07, 6.45) is 0. The standard InChI is InChI=1S/C30H28N4O4P2.2CH3.ClH.Pt/c1-17-31-27(35)21-11-5-6-12-22(21)28(36)32(31)18(2)39(17)25-15-9-10-16-26(25)40-19(3)33-29(37)23-13-7-8-14-24(23)30(38)34(33)20(40)4;;;;/h5-20H,1-4H3;2*1H3;1H;/q;2*-1;;+2/p+1/t17-,18-,19-,20-;;;;/m0..../s1. The zero-order valence-electron chi connectivity index (χ0n) is 25.4. The van der Waals surface area contributed by atoms with Crippen molar-refractivity contribution in [1.82, 2.24) is 18.7 Å². The quantitative estimate of drug-likeness (QED) is 0.201. The smallest absolute Gasteiger partial charge is 1.00 e. The molecule has 8 nitrogen and oxygen atoms in total. The molecule has 0 saturated carbocycles. The summed E-state index contributed by atoms with van der Waals surface area (Å²) in [5.41, 5.74) is -0.553. The Morgan fingerprint density at radius 3 is 0.886 bits per heavy atom. The van der Waals surface area contributed by atoms with Gasteiger partial charge < -0.3 is 27.3 Å². The van der Waals surface area contributed by atoms with Crippen molar-refractivity contribution in [3.05, 3.63) is 129 Å². The molecule has 0 saturated heterocycles. The minimum atomic E-state index is -1.50. The molecule has 0 fully saturated rings. The van der Waals surface area contributed by atoms with E-state index >= 15 is 0 Å². The molecule has 2 aliphatic heterocycles. The van der Waals surface area contributed by atoms with Crippen LogP contribution >= 0.6 is 15.8 Å². The average molecular weight is 833 g/mol. The van der Waals surface area contributed by atoms with Gasteiger partial charge in [0.15, 0.2) is 23.1 Å². The van der Waals surface area contributed by atoms with E-state index in [1.807, 2.05) is 12.1 Å². The molecule has 2 aromatic heterocycles. The number of fused-ring (bicyclic) bond motifs is 4. The van der Waals surface area contributed by atoms with Crippen LogP contribution in [0.1, 0.15) is 50.8 Å². The molecule has 0 spiro atoms. The van der Waals surface area contributed by atoms with Gasteiger partial charge >= 0.3 is 21.1 Å². The van der Waals surface area contributed by atoms with Gasteiger partial charge in [0.2, 0.25) is 0 Å². The van der Waals surface area contributed by atoms with E-state index in [-0.39, 0.29) is 93.7 Å². The predicted molar refractivity (Wildman–Crippen MR) is 179 cm³/mol. The fourth-order valence-corrected chi connectivity index (χ4v) is 14.6. The summed E-state index contributed by atoms with van der Waals surface area (Å²) in [6.45, 7) is 8.21. The first-order chi connectivity index (χ1) is 19.2. The molecule has 0 aliphatic carbocycles. The van der Waals surface area contributed by atoms with Crippen molar-refractivity contribution in [2.24, 2.45) is 0 Å². The van der Waals surface area contributed by atoms with Gasteiger partial charge in [-0.3, -0.25) is 19.2 Å². The summed E-state index contributed by atoms with van der Waals surface area (Å²) >= 11 is 0. The number of hydrogen-bond donors (Lipinski definition) is 0. The Kier molecular flexibility index (Phi) is 10.6. The molecule has 44 heavy (non-hydrogen) atoms. The van der Waals surface area contributed by atoms with Gasteiger partial charge in [0.1, 0.15) is 10.6 Å². The van der Waals surface area contributed by atoms with E-state index in [0.29, 0.717) is 21.5 Å². The van der Waals surface area contributed by atoms with Crippen LogP contribution in [0.4, 0.5) is 0 Å². The normalized spacial score (nSPS) is 20.6. The number of rotatable bonds is 2. The first-order valence-corrected chi connectivity index (χ1v) is 16.9. The summed E-state index contributed by atoms with van der Waals surface area (Å²) in [6, 6.07) is 22.4. The number of nitrogens with zero attached hydrogens (tertiary/aromatic N) is 4. The van der Waals surface area contributed by atoms with Crippen LogP contribution in [-0.4, -0.2) is 18.7 Å². The van der Waals surface area contributed by atoms with Gasteiger partial charge in [-0.2, -0.15) is 0 Å². The van der Waals surface area contributed by atoms with Crippen molar-refractivity contribution in [3.8, 4) is 0 Å². The van der Waals surface area contributed by atoms with Gasteiger partial charge in [-0.05, 0) is 64.1 Å². The Balaban J connectivity index is 0.00000132. The first kappa shape index (κ1) is 35.9. The molecule has 0 amide bonds. The summed E-state index contributed by atoms with van der Waals surface area (Å²) in [5.74, 6) is -0.626. The number of hydrogen-bond acceptors (Lipinski definition) is 4. The fourth-order valence-electron chi connectivity index (χ4n) is 7.16. The number of benzene rings is 3.